The number of hydrogen-bond donors (Lipinski definition) is 0. The molecule has 0 unspecified atom stereocenters. The smallest absolute Gasteiger partial charge is 0.347 e. The van der Waals surface area contributed by atoms with Crippen molar-refractivity contribution in [3.63, 3.8) is 0 Å². The number of carbonyl (C=O) groups excluding carboxylic acids is 2. The highest BCUT2D eigenvalue weighted by atomic mass is 127. The van der Waals surface area contributed by atoms with E-state index in [1.54, 1.807) is 41.3 Å². The second kappa shape index (κ2) is 10.1. The lowest BCUT2D eigenvalue weighted by molar-refractivity contribution is 0.0800. The summed E-state index contributed by atoms with van der Waals surface area (Å²) in [6.07, 6.45) is 4.97. The normalized spacial score (nSPS) is 14.4. The molecule has 0 spiro atoms. The number of pyridine rings is 1. The second-order valence-corrected chi connectivity index (χ2v) is 10.5. The number of rotatable bonds is 6. The molecule has 4 aromatic rings. The third kappa shape index (κ3) is 4.60. The molecule has 7 nitrogen and oxygen atoms in total. The minimum absolute atomic E-state index is 0.166. The average molecular weight is 641 g/mol. The van der Waals surface area contributed by atoms with Crippen LogP contribution in [0.4, 0.5) is 0 Å². The van der Waals surface area contributed by atoms with Crippen molar-refractivity contribution < 1.29 is 21.9 Å². The van der Waals surface area contributed by atoms with E-state index in [4.69, 9.17) is 23.9 Å². The maximum absolute atomic E-state index is 13.4. The number of ether oxygens (including phenoxy) is 1. The fourth-order valence-electron chi connectivity index (χ4n) is 4.96. The molecule has 1 fully saturated rings. The SMILES string of the molecule is Cc1cccc(Cl)c1-c1noc(C2CC2)c1COc1cc2c(cn1)C(=O)c1cc(C(=O)OI)ccc1CC2. The van der Waals surface area contributed by atoms with Gasteiger partial charge in [0.1, 0.15) is 18.1 Å². The van der Waals surface area contributed by atoms with Crippen molar-refractivity contribution in [2.24, 2.45) is 0 Å². The van der Waals surface area contributed by atoms with Gasteiger partial charge in [-0.3, -0.25) is 4.79 Å². The quantitative estimate of drug-likeness (QED) is 0.210. The van der Waals surface area contributed by atoms with Crippen LogP contribution in [0.25, 0.3) is 11.3 Å². The fourth-order valence-corrected chi connectivity index (χ4v) is 5.52. The van der Waals surface area contributed by atoms with Gasteiger partial charge < -0.3 is 12.3 Å². The van der Waals surface area contributed by atoms with Crippen LogP contribution in [0.15, 0.2) is 53.2 Å². The Kier molecular flexibility index (Phi) is 6.69. The number of halogens is 2. The molecule has 6 rings (SSSR count). The maximum atomic E-state index is 13.4. The van der Waals surface area contributed by atoms with Crippen LogP contribution in [0.1, 0.15) is 73.1 Å². The first-order chi connectivity index (χ1) is 18.4. The van der Waals surface area contributed by atoms with Crippen LogP contribution in [-0.4, -0.2) is 21.9 Å². The lowest BCUT2D eigenvalue weighted by atomic mass is 9.98. The largest absolute Gasteiger partial charge is 0.473 e. The zero-order valence-corrected chi connectivity index (χ0v) is 23.3. The molecule has 0 N–H and O–H groups in total. The molecule has 2 heterocycles. The van der Waals surface area contributed by atoms with Crippen molar-refractivity contribution in [3.8, 4) is 17.1 Å². The van der Waals surface area contributed by atoms with Crippen LogP contribution < -0.4 is 4.74 Å². The lowest BCUT2D eigenvalue weighted by Gasteiger charge is -2.11. The summed E-state index contributed by atoms with van der Waals surface area (Å²) < 4.78 is 16.7. The molecule has 192 valence electrons. The Labute approximate surface area is 238 Å². The van der Waals surface area contributed by atoms with E-state index in [0.29, 0.717) is 52.0 Å². The number of benzene rings is 2. The predicted molar refractivity (Wildman–Crippen MR) is 149 cm³/mol. The third-order valence-electron chi connectivity index (χ3n) is 7.12. The third-order valence-corrected chi connectivity index (χ3v) is 7.84. The van der Waals surface area contributed by atoms with Gasteiger partial charge in [0, 0.05) is 34.9 Å². The Morgan fingerprint density at radius 3 is 2.71 bits per heavy atom. The van der Waals surface area contributed by atoms with Crippen molar-refractivity contribution in [1.29, 1.82) is 0 Å². The van der Waals surface area contributed by atoms with Crippen molar-refractivity contribution in [1.82, 2.24) is 10.1 Å². The molecule has 0 saturated heterocycles. The van der Waals surface area contributed by atoms with Gasteiger partial charge in [-0.05, 0) is 67.5 Å². The molecule has 0 aliphatic heterocycles. The summed E-state index contributed by atoms with van der Waals surface area (Å²) in [6, 6.07) is 12.7. The van der Waals surface area contributed by atoms with Crippen molar-refractivity contribution in [2.45, 2.75) is 45.1 Å². The van der Waals surface area contributed by atoms with E-state index in [-0.39, 0.29) is 12.4 Å². The number of carbonyl (C=O) groups is 2. The average Bonchev–Trinajstić information content (AvgIpc) is 3.71. The summed E-state index contributed by atoms with van der Waals surface area (Å²) >= 11 is 8.09. The maximum Gasteiger partial charge on any atom is 0.347 e. The number of ketones is 1. The highest BCUT2D eigenvalue weighted by Gasteiger charge is 2.33. The first kappa shape index (κ1) is 25.1. The molecule has 1 saturated carbocycles. The summed E-state index contributed by atoms with van der Waals surface area (Å²) in [5, 5.41) is 4.99. The number of aryl methyl sites for hydroxylation is 3. The van der Waals surface area contributed by atoms with Crippen LogP contribution in [0.5, 0.6) is 5.88 Å². The predicted octanol–water partition coefficient (Wildman–Crippen LogP) is 6.99. The first-order valence-corrected chi connectivity index (χ1v) is 13.6. The molecule has 38 heavy (non-hydrogen) atoms. The number of aromatic nitrogens is 2. The number of hydrogen-bond acceptors (Lipinski definition) is 7. The van der Waals surface area contributed by atoms with E-state index in [2.05, 4.69) is 10.1 Å². The van der Waals surface area contributed by atoms with Crippen LogP contribution in [0.2, 0.25) is 5.02 Å². The Bertz CT molecular complexity index is 1570. The van der Waals surface area contributed by atoms with Gasteiger partial charge in [0.05, 0.1) is 16.1 Å². The number of fused-ring (bicyclic) bond motifs is 2. The van der Waals surface area contributed by atoms with Crippen LogP contribution in [-0.2, 0) is 22.5 Å². The number of nitrogens with zero attached hydrogens (tertiary/aromatic N) is 2. The summed E-state index contributed by atoms with van der Waals surface area (Å²) in [6.45, 7) is 2.21. The molecule has 0 bridgehead atoms. The Balaban J connectivity index is 1.29. The Hall–Kier alpha value is -3.24. The van der Waals surface area contributed by atoms with E-state index in [1.807, 2.05) is 37.3 Å². The topological polar surface area (TPSA) is 91.5 Å². The highest BCUT2D eigenvalue weighted by Crippen LogP contribution is 2.45. The lowest BCUT2D eigenvalue weighted by Crippen LogP contribution is -2.08. The van der Waals surface area contributed by atoms with Gasteiger partial charge in [-0.1, -0.05) is 35.0 Å². The van der Waals surface area contributed by atoms with E-state index in [0.717, 1.165) is 46.4 Å². The highest BCUT2D eigenvalue weighted by molar-refractivity contribution is 14.1. The molecule has 2 aliphatic carbocycles. The summed E-state index contributed by atoms with van der Waals surface area (Å²) in [4.78, 5) is 29.8. The summed E-state index contributed by atoms with van der Waals surface area (Å²) in [5.41, 5.74) is 6.49. The molecular formula is C29H22ClIN2O5. The van der Waals surface area contributed by atoms with Gasteiger partial charge in [0.2, 0.25) is 5.88 Å². The minimum Gasteiger partial charge on any atom is -0.473 e. The van der Waals surface area contributed by atoms with E-state index in [1.165, 1.54) is 0 Å². The molecule has 0 atom stereocenters. The molecule has 2 aromatic heterocycles. The minimum atomic E-state index is -0.488. The molecule has 2 aliphatic rings. The van der Waals surface area contributed by atoms with Gasteiger partial charge in [-0.2, -0.15) is 0 Å². The van der Waals surface area contributed by atoms with Crippen LogP contribution >= 0.6 is 34.6 Å². The fraction of sp³-hybridized carbons (Fsp3) is 0.241. The first-order valence-electron chi connectivity index (χ1n) is 12.3. The molecule has 0 radical (unpaired) electrons. The van der Waals surface area contributed by atoms with E-state index >= 15 is 0 Å². The molecule has 9 heteroatoms. The van der Waals surface area contributed by atoms with Crippen LogP contribution in [0, 0.1) is 6.92 Å². The standard InChI is InChI=1S/C29H22ClIN2O5/c1-15-3-2-4-23(30)25(15)26-22(28(38-33-26)17-7-8-17)14-36-24-12-18-9-5-16-6-10-19(29(35)37-31)11-20(16)27(34)21(18)13-32-24/h2-4,6,10-13,17H,5,7-9,14H2,1H3. The zero-order chi connectivity index (χ0) is 26.4. The van der Waals surface area contributed by atoms with Crippen LogP contribution in [0.3, 0.4) is 0 Å². The van der Waals surface area contributed by atoms with Gasteiger partial charge in [-0.15, -0.1) is 0 Å². The summed E-state index contributed by atoms with van der Waals surface area (Å²) in [7, 11) is 0. The Morgan fingerprint density at radius 1 is 1.13 bits per heavy atom. The van der Waals surface area contributed by atoms with Crippen molar-refractivity contribution in [2.75, 3.05) is 0 Å². The van der Waals surface area contributed by atoms with Crippen molar-refractivity contribution in [3.05, 3.63) is 98.4 Å². The Morgan fingerprint density at radius 2 is 1.95 bits per heavy atom. The van der Waals surface area contributed by atoms with E-state index in [9.17, 15) is 9.59 Å². The summed E-state index contributed by atoms with van der Waals surface area (Å²) in [5.74, 6) is 0.935. The van der Waals surface area contributed by atoms with Gasteiger partial charge in [0.25, 0.3) is 0 Å². The van der Waals surface area contributed by atoms with Gasteiger partial charge >= 0.3 is 5.97 Å². The van der Waals surface area contributed by atoms with Gasteiger partial charge in [-0.25, -0.2) is 9.78 Å². The second-order valence-electron chi connectivity index (χ2n) is 9.61. The molecular weight excluding hydrogens is 619 g/mol. The zero-order valence-electron chi connectivity index (χ0n) is 20.4. The molecule has 2 aromatic carbocycles. The van der Waals surface area contributed by atoms with E-state index < -0.39 is 5.97 Å². The van der Waals surface area contributed by atoms with Crippen molar-refractivity contribution >= 4 is 46.4 Å². The van der Waals surface area contributed by atoms with Gasteiger partial charge in [0.15, 0.2) is 28.8 Å². The monoisotopic (exact) mass is 640 g/mol. The molecule has 0 amide bonds.